The van der Waals surface area contributed by atoms with E-state index in [2.05, 4.69) is 15.9 Å². The first-order valence-electron chi connectivity index (χ1n) is 11.1. The van der Waals surface area contributed by atoms with Crippen molar-refractivity contribution in [2.45, 2.75) is 19.1 Å². The van der Waals surface area contributed by atoms with E-state index in [9.17, 15) is 14.7 Å². The van der Waals surface area contributed by atoms with Crippen LogP contribution in [0.25, 0.3) is 0 Å². The standard InChI is InChI=1S/C26H23BrN2O6/c1-3-34-18-11-7-10-17(14-18)28-25(31)21-22(15-12-19(27)23(30)20(13-15)33-2)29(35-24(21)26(28)32)16-8-5-4-6-9-16/h4-14,21-22,24,30H,3H2,1-2H3/t21-,22+,24-/m0/s1. The van der Waals surface area contributed by atoms with E-state index in [-0.39, 0.29) is 17.4 Å². The summed E-state index contributed by atoms with van der Waals surface area (Å²) in [6, 6.07) is 18.9. The van der Waals surface area contributed by atoms with Crippen molar-refractivity contribution in [2.24, 2.45) is 5.92 Å². The van der Waals surface area contributed by atoms with Crippen LogP contribution in [0.2, 0.25) is 0 Å². The molecule has 2 aliphatic rings. The Hall–Kier alpha value is -3.56. The lowest BCUT2D eigenvalue weighted by molar-refractivity contribution is -0.126. The van der Waals surface area contributed by atoms with Gasteiger partial charge in [-0.15, -0.1) is 0 Å². The number of hydroxylamine groups is 1. The number of phenols is 1. The number of phenolic OH excluding ortho intramolecular Hbond substituents is 1. The maximum atomic E-state index is 13.8. The van der Waals surface area contributed by atoms with Crippen LogP contribution in [0, 0.1) is 5.92 Å². The van der Waals surface area contributed by atoms with Crippen LogP contribution in [0.15, 0.2) is 71.2 Å². The summed E-state index contributed by atoms with van der Waals surface area (Å²) in [6.07, 6.45) is -1.01. The number of imide groups is 1. The number of fused-ring (bicyclic) bond motifs is 1. The predicted octanol–water partition coefficient (Wildman–Crippen LogP) is 4.61. The maximum absolute atomic E-state index is 13.8. The van der Waals surface area contributed by atoms with Crippen molar-refractivity contribution in [3.05, 3.63) is 76.8 Å². The average molecular weight is 539 g/mol. The molecule has 3 aromatic carbocycles. The molecule has 3 aromatic rings. The molecular formula is C26H23BrN2O6. The van der Waals surface area contributed by atoms with Crippen molar-refractivity contribution in [1.82, 2.24) is 0 Å². The summed E-state index contributed by atoms with van der Waals surface area (Å²) in [6.45, 7) is 2.33. The summed E-state index contributed by atoms with van der Waals surface area (Å²) in [5.41, 5.74) is 1.77. The van der Waals surface area contributed by atoms with Gasteiger partial charge in [-0.1, -0.05) is 24.3 Å². The topological polar surface area (TPSA) is 88.5 Å². The second-order valence-corrected chi connectivity index (χ2v) is 9.01. The van der Waals surface area contributed by atoms with Gasteiger partial charge >= 0.3 is 0 Å². The number of hydrogen-bond donors (Lipinski definition) is 1. The Bertz CT molecular complexity index is 1280. The number of amides is 2. The van der Waals surface area contributed by atoms with E-state index < -0.39 is 24.0 Å². The zero-order valence-corrected chi connectivity index (χ0v) is 20.6. The summed E-state index contributed by atoms with van der Waals surface area (Å²) in [5.74, 6) is -0.884. The van der Waals surface area contributed by atoms with Crippen LogP contribution in [0.1, 0.15) is 18.5 Å². The Morgan fingerprint density at radius 1 is 1.00 bits per heavy atom. The molecule has 3 atom stereocenters. The summed E-state index contributed by atoms with van der Waals surface area (Å²) in [4.78, 5) is 34.6. The van der Waals surface area contributed by atoms with Crippen LogP contribution in [-0.2, 0) is 14.4 Å². The molecule has 2 amide bonds. The number of rotatable bonds is 6. The lowest BCUT2D eigenvalue weighted by Crippen LogP contribution is -2.37. The second-order valence-electron chi connectivity index (χ2n) is 8.15. The Kier molecular flexibility index (Phi) is 6.12. The minimum atomic E-state index is -1.01. The number of hydrogen-bond acceptors (Lipinski definition) is 7. The monoisotopic (exact) mass is 538 g/mol. The van der Waals surface area contributed by atoms with Crippen molar-refractivity contribution >= 4 is 39.1 Å². The van der Waals surface area contributed by atoms with Crippen molar-refractivity contribution < 1.29 is 29.0 Å². The number of carbonyl (C=O) groups excluding carboxylic acids is 2. The van der Waals surface area contributed by atoms with Gasteiger partial charge in [-0.2, -0.15) is 0 Å². The fourth-order valence-electron chi connectivity index (χ4n) is 4.61. The normalized spacial score (nSPS) is 21.4. The molecule has 0 aliphatic carbocycles. The number of aromatic hydroxyl groups is 1. The van der Waals surface area contributed by atoms with Gasteiger partial charge < -0.3 is 14.6 Å². The van der Waals surface area contributed by atoms with Gasteiger partial charge in [0.15, 0.2) is 17.6 Å². The third kappa shape index (κ3) is 3.90. The highest BCUT2D eigenvalue weighted by molar-refractivity contribution is 9.10. The third-order valence-electron chi connectivity index (χ3n) is 6.13. The molecule has 9 heteroatoms. The van der Waals surface area contributed by atoms with Crippen molar-refractivity contribution in [3.8, 4) is 17.2 Å². The molecule has 180 valence electrons. The maximum Gasteiger partial charge on any atom is 0.266 e. The smallest absolute Gasteiger partial charge is 0.266 e. The van der Waals surface area contributed by atoms with E-state index in [1.807, 2.05) is 37.3 Å². The highest BCUT2D eigenvalue weighted by Gasteiger charge is 2.60. The summed E-state index contributed by atoms with van der Waals surface area (Å²) in [5, 5.41) is 11.9. The molecule has 0 spiro atoms. The van der Waals surface area contributed by atoms with Gasteiger partial charge in [0, 0.05) is 6.07 Å². The summed E-state index contributed by atoms with van der Waals surface area (Å²) in [7, 11) is 1.45. The fourth-order valence-corrected chi connectivity index (χ4v) is 5.07. The Morgan fingerprint density at radius 2 is 1.74 bits per heavy atom. The highest BCUT2D eigenvalue weighted by Crippen LogP contribution is 2.49. The Morgan fingerprint density at radius 3 is 2.46 bits per heavy atom. The van der Waals surface area contributed by atoms with Crippen LogP contribution >= 0.6 is 15.9 Å². The van der Waals surface area contributed by atoms with Crippen LogP contribution in [0.4, 0.5) is 11.4 Å². The third-order valence-corrected chi connectivity index (χ3v) is 6.73. The van der Waals surface area contributed by atoms with Gasteiger partial charge in [-0.05, 0) is 64.8 Å². The van der Waals surface area contributed by atoms with Crippen LogP contribution < -0.4 is 19.4 Å². The van der Waals surface area contributed by atoms with E-state index in [0.29, 0.717) is 33.8 Å². The number of methoxy groups -OCH3 is 1. The number of para-hydroxylation sites is 1. The molecule has 0 saturated carbocycles. The van der Waals surface area contributed by atoms with Crippen LogP contribution in [0.5, 0.6) is 17.2 Å². The largest absolute Gasteiger partial charge is 0.503 e. The Labute approximate surface area is 210 Å². The van der Waals surface area contributed by atoms with Gasteiger partial charge in [0.05, 0.1) is 35.6 Å². The van der Waals surface area contributed by atoms with Crippen molar-refractivity contribution in [1.29, 1.82) is 0 Å². The van der Waals surface area contributed by atoms with E-state index >= 15 is 0 Å². The molecule has 0 unspecified atom stereocenters. The summed E-state index contributed by atoms with van der Waals surface area (Å²) < 4.78 is 11.3. The summed E-state index contributed by atoms with van der Waals surface area (Å²) >= 11 is 3.37. The van der Waals surface area contributed by atoms with Gasteiger partial charge in [0.2, 0.25) is 5.91 Å². The van der Waals surface area contributed by atoms with Crippen molar-refractivity contribution in [3.63, 3.8) is 0 Å². The fraction of sp³-hybridized carbons (Fsp3) is 0.231. The van der Waals surface area contributed by atoms with Gasteiger partial charge in [-0.3, -0.25) is 14.4 Å². The molecular weight excluding hydrogens is 516 g/mol. The molecule has 2 aliphatic heterocycles. The number of anilines is 2. The SMILES string of the molecule is CCOc1cccc(N2C(=O)[C@@H]3[C@H](ON(c4ccccc4)[C@@H]3c3cc(Br)c(O)c(OC)c3)C2=O)c1. The molecule has 5 rings (SSSR count). The molecule has 8 nitrogen and oxygen atoms in total. The number of nitrogens with zero attached hydrogens (tertiary/aromatic N) is 2. The molecule has 0 radical (unpaired) electrons. The second kappa shape index (κ2) is 9.24. The number of halogens is 1. The number of carbonyl (C=O) groups is 2. The van der Waals surface area contributed by atoms with Gasteiger partial charge in [-0.25, -0.2) is 9.96 Å². The van der Waals surface area contributed by atoms with E-state index in [4.69, 9.17) is 14.3 Å². The first kappa shape index (κ1) is 23.2. The van der Waals surface area contributed by atoms with E-state index in [1.165, 1.54) is 12.0 Å². The zero-order chi connectivity index (χ0) is 24.7. The number of benzene rings is 3. The lowest BCUT2D eigenvalue weighted by atomic mass is 9.90. The zero-order valence-electron chi connectivity index (χ0n) is 19.1. The molecule has 2 saturated heterocycles. The van der Waals surface area contributed by atoms with Gasteiger partial charge in [0.1, 0.15) is 11.7 Å². The first-order chi connectivity index (χ1) is 16.9. The van der Waals surface area contributed by atoms with E-state index in [1.54, 1.807) is 41.5 Å². The quantitative estimate of drug-likeness (QED) is 0.458. The highest BCUT2D eigenvalue weighted by atomic mass is 79.9. The molecule has 1 N–H and O–H groups in total. The molecule has 2 heterocycles. The van der Waals surface area contributed by atoms with Crippen LogP contribution in [0.3, 0.4) is 0 Å². The molecule has 0 aromatic heterocycles. The minimum absolute atomic E-state index is 0.0545. The number of ether oxygens (including phenoxy) is 2. The van der Waals surface area contributed by atoms with E-state index in [0.717, 1.165) is 0 Å². The molecule has 2 fully saturated rings. The Balaban J connectivity index is 1.60. The lowest BCUT2D eigenvalue weighted by Gasteiger charge is -2.29. The molecule has 35 heavy (non-hydrogen) atoms. The van der Waals surface area contributed by atoms with Crippen molar-refractivity contribution in [2.75, 3.05) is 23.7 Å². The predicted molar refractivity (Wildman–Crippen MR) is 132 cm³/mol. The first-order valence-corrected chi connectivity index (χ1v) is 11.9. The van der Waals surface area contributed by atoms with Crippen LogP contribution in [-0.4, -0.2) is 36.7 Å². The molecule has 0 bridgehead atoms. The average Bonchev–Trinajstić information content (AvgIpc) is 3.37. The minimum Gasteiger partial charge on any atom is -0.503 e. The van der Waals surface area contributed by atoms with Gasteiger partial charge in [0.25, 0.3) is 5.91 Å².